The maximum atomic E-state index is 2.49. The molecule has 136 valence electrons. The maximum absolute atomic E-state index is 2.49. The van der Waals surface area contributed by atoms with Gasteiger partial charge < -0.3 is 9.80 Å². The van der Waals surface area contributed by atoms with Crippen LogP contribution in [0.1, 0.15) is 59.8 Å². The van der Waals surface area contributed by atoms with Gasteiger partial charge in [-0.15, -0.1) is 0 Å². The first-order valence-electron chi connectivity index (χ1n) is 10.0. The van der Waals surface area contributed by atoms with Gasteiger partial charge in [-0.2, -0.15) is 0 Å². The molecular formula is C21H42N2. The molecule has 2 nitrogen and oxygen atoms in total. The van der Waals surface area contributed by atoms with Crippen LogP contribution in [0.3, 0.4) is 0 Å². The zero-order valence-electron chi connectivity index (χ0n) is 17.0. The minimum absolute atomic E-state index is 0.786. The lowest BCUT2D eigenvalue weighted by atomic mass is 9.65. The number of nitrogens with zero attached hydrogens (tertiary/aromatic N) is 2. The summed E-state index contributed by atoms with van der Waals surface area (Å²) < 4.78 is 0. The Bertz CT molecular complexity index is 307. The second-order valence-corrected chi connectivity index (χ2v) is 9.73. The Balaban J connectivity index is 1.91. The molecule has 2 fully saturated rings. The number of rotatable bonds is 4. The van der Waals surface area contributed by atoms with Gasteiger partial charge in [0.2, 0.25) is 0 Å². The van der Waals surface area contributed by atoms with Gasteiger partial charge in [0.25, 0.3) is 0 Å². The van der Waals surface area contributed by atoms with Crippen LogP contribution in [0.25, 0.3) is 0 Å². The van der Waals surface area contributed by atoms with Crippen molar-refractivity contribution in [3.05, 3.63) is 0 Å². The predicted octanol–water partition coefficient (Wildman–Crippen LogP) is 4.60. The molecule has 0 spiro atoms. The standard InChI is InChI=1S/C21H42N2/c1-14-9-18(10-15(2)20(14)22(5)6)13-19-11-16(3)21(23(7)8)17(4)12-19/h14-21H,9-13H2,1-8H3. The van der Waals surface area contributed by atoms with Crippen molar-refractivity contribution in [2.45, 2.75) is 71.9 Å². The summed E-state index contributed by atoms with van der Waals surface area (Å²) in [4.78, 5) is 4.94. The van der Waals surface area contributed by atoms with Crippen LogP contribution in [0.4, 0.5) is 0 Å². The molecule has 0 aliphatic heterocycles. The molecule has 0 aromatic rings. The summed E-state index contributed by atoms with van der Waals surface area (Å²) in [5, 5.41) is 0. The summed E-state index contributed by atoms with van der Waals surface area (Å²) in [5.74, 6) is 5.35. The topological polar surface area (TPSA) is 6.48 Å². The average molecular weight is 323 g/mol. The average Bonchev–Trinajstić information content (AvgIpc) is 2.35. The molecule has 23 heavy (non-hydrogen) atoms. The highest BCUT2D eigenvalue weighted by atomic mass is 15.1. The first-order valence-corrected chi connectivity index (χ1v) is 10.0. The lowest BCUT2D eigenvalue weighted by Crippen LogP contribution is -2.46. The summed E-state index contributed by atoms with van der Waals surface area (Å²) >= 11 is 0. The van der Waals surface area contributed by atoms with E-state index >= 15 is 0 Å². The summed E-state index contributed by atoms with van der Waals surface area (Å²) in [5.41, 5.74) is 0. The molecular weight excluding hydrogens is 280 g/mol. The first-order chi connectivity index (χ1) is 10.7. The summed E-state index contributed by atoms with van der Waals surface area (Å²) in [6.07, 6.45) is 7.28. The van der Waals surface area contributed by atoms with Gasteiger partial charge in [0.15, 0.2) is 0 Å². The van der Waals surface area contributed by atoms with Gasteiger partial charge >= 0.3 is 0 Å². The molecule has 0 amide bonds. The molecule has 2 heteroatoms. The van der Waals surface area contributed by atoms with Crippen molar-refractivity contribution in [3.8, 4) is 0 Å². The quantitative estimate of drug-likeness (QED) is 0.746. The van der Waals surface area contributed by atoms with Crippen molar-refractivity contribution >= 4 is 0 Å². The maximum Gasteiger partial charge on any atom is 0.0141 e. The van der Waals surface area contributed by atoms with Crippen LogP contribution < -0.4 is 0 Å². The summed E-state index contributed by atoms with van der Waals surface area (Å²) in [6.45, 7) is 9.95. The molecule has 0 aromatic carbocycles. The van der Waals surface area contributed by atoms with E-state index in [2.05, 4.69) is 65.7 Å². The van der Waals surface area contributed by atoms with E-state index < -0.39 is 0 Å². The van der Waals surface area contributed by atoms with E-state index in [0.717, 1.165) is 47.6 Å². The Hall–Kier alpha value is -0.0800. The molecule has 0 bridgehead atoms. The third kappa shape index (κ3) is 4.51. The Morgan fingerprint density at radius 3 is 1.04 bits per heavy atom. The van der Waals surface area contributed by atoms with E-state index in [0.29, 0.717) is 0 Å². The molecule has 2 rings (SSSR count). The lowest BCUT2D eigenvalue weighted by Gasteiger charge is -2.46. The van der Waals surface area contributed by atoms with Gasteiger partial charge in [-0.25, -0.2) is 0 Å². The second-order valence-electron chi connectivity index (χ2n) is 9.73. The fraction of sp³-hybridized carbons (Fsp3) is 1.00. The third-order valence-corrected chi connectivity index (χ3v) is 7.01. The number of hydrogen-bond acceptors (Lipinski definition) is 2. The van der Waals surface area contributed by atoms with Crippen LogP contribution in [0, 0.1) is 35.5 Å². The van der Waals surface area contributed by atoms with Crippen molar-refractivity contribution < 1.29 is 0 Å². The fourth-order valence-electron chi connectivity index (χ4n) is 6.87. The fourth-order valence-corrected chi connectivity index (χ4v) is 6.87. The third-order valence-electron chi connectivity index (χ3n) is 7.01. The monoisotopic (exact) mass is 322 g/mol. The molecule has 4 unspecified atom stereocenters. The largest absolute Gasteiger partial charge is 0.306 e. The SMILES string of the molecule is CC1CC(CC2CC(C)C(N(C)C)C(C)C2)CC(C)C1N(C)C. The van der Waals surface area contributed by atoms with Gasteiger partial charge in [-0.1, -0.05) is 27.7 Å². The van der Waals surface area contributed by atoms with Crippen molar-refractivity contribution in [3.63, 3.8) is 0 Å². The van der Waals surface area contributed by atoms with Gasteiger partial charge in [-0.05, 0) is 95.8 Å². The van der Waals surface area contributed by atoms with Crippen LogP contribution in [-0.4, -0.2) is 50.1 Å². The van der Waals surface area contributed by atoms with E-state index in [1.165, 1.54) is 32.1 Å². The van der Waals surface area contributed by atoms with Crippen molar-refractivity contribution in [1.29, 1.82) is 0 Å². The molecule has 2 aliphatic rings. The van der Waals surface area contributed by atoms with Crippen LogP contribution in [0.5, 0.6) is 0 Å². The molecule has 0 aromatic heterocycles. The highest BCUT2D eigenvalue weighted by molar-refractivity contribution is 4.91. The van der Waals surface area contributed by atoms with E-state index in [9.17, 15) is 0 Å². The molecule has 0 saturated heterocycles. The zero-order chi connectivity index (χ0) is 17.3. The Morgan fingerprint density at radius 2 is 0.826 bits per heavy atom. The van der Waals surface area contributed by atoms with Gasteiger partial charge in [0.1, 0.15) is 0 Å². The molecule has 0 radical (unpaired) electrons. The van der Waals surface area contributed by atoms with Crippen LogP contribution in [0.2, 0.25) is 0 Å². The van der Waals surface area contributed by atoms with Crippen LogP contribution >= 0.6 is 0 Å². The second kappa shape index (κ2) is 7.87. The Labute approximate surface area is 146 Å². The summed E-state index contributed by atoms with van der Waals surface area (Å²) in [7, 11) is 9.07. The molecule has 2 saturated carbocycles. The number of hydrogen-bond donors (Lipinski definition) is 0. The van der Waals surface area contributed by atoms with E-state index in [1.54, 1.807) is 0 Å². The molecule has 0 heterocycles. The van der Waals surface area contributed by atoms with Crippen LogP contribution in [0.15, 0.2) is 0 Å². The predicted molar refractivity (Wildman–Crippen MR) is 102 cm³/mol. The van der Waals surface area contributed by atoms with Crippen molar-refractivity contribution in [1.82, 2.24) is 9.80 Å². The van der Waals surface area contributed by atoms with E-state index in [4.69, 9.17) is 0 Å². The van der Waals surface area contributed by atoms with Crippen molar-refractivity contribution in [2.75, 3.05) is 28.2 Å². The first kappa shape index (κ1) is 19.2. The normalized spacial score (nSPS) is 45.7. The highest BCUT2D eigenvalue weighted by Gasteiger charge is 2.38. The van der Waals surface area contributed by atoms with Crippen molar-refractivity contribution in [2.24, 2.45) is 35.5 Å². The van der Waals surface area contributed by atoms with Gasteiger partial charge in [0.05, 0.1) is 0 Å². The molecule has 4 atom stereocenters. The Kier molecular flexibility index (Phi) is 6.58. The lowest BCUT2D eigenvalue weighted by molar-refractivity contribution is 0.0437. The minimum atomic E-state index is 0.786. The minimum Gasteiger partial charge on any atom is -0.306 e. The summed E-state index contributed by atoms with van der Waals surface area (Å²) in [6, 6.07) is 1.57. The molecule has 2 aliphatic carbocycles. The van der Waals surface area contributed by atoms with E-state index in [1.807, 2.05) is 0 Å². The molecule has 0 N–H and O–H groups in total. The van der Waals surface area contributed by atoms with Gasteiger partial charge in [0, 0.05) is 12.1 Å². The van der Waals surface area contributed by atoms with Crippen LogP contribution in [-0.2, 0) is 0 Å². The zero-order valence-corrected chi connectivity index (χ0v) is 17.0. The van der Waals surface area contributed by atoms with Gasteiger partial charge in [-0.3, -0.25) is 0 Å². The highest BCUT2D eigenvalue weighted by Crippen LogP contribution is 2.43. The Morgan fingerprint density at radius 1 is 0.565 bits per heavy atom. The van der Waals surface area contributed by atoms with E-state index in [-0.39, 0.29) is 0 Å². The smallest absolute Gasteiger partial charge is 0.0141 e.